The number of nitrogens with zero attached hydrogens (tertiary/aromatic N) is 2. The van der Waals surface area contributed by atoms with E-state index in [2.05, 4.69) is 4.98 Å². The normalized spacial score (nSPS) is 20.8. The second-order valence-corrected chi connectivity index (χ2v) is 6.93. The van der Waals surface area contributed by atoms with Crippen LogP contribution in [0.1, 0.15) is 30.7 Å². The van der Waals surface area contributed by atoms with Crippen molar-refractivity contribution >= 4 is 10.0 Å². The highest BCUT2D eigenvalue weighted by Crippen LogP contribution is 2.25. The lowest BCUT2D eigenvalue weighted by Crippen LogP contribution is -2.44. The van der Waals surface area contributed by atoms with Crippen LogP contribution in [0.25, 0.3) is 0 Å². The zero-order valence-electron chi connectivity index (χ0n) is 10.5. The van der Waals surface area contributed by atoms with Crippen molar-refractivity contribution in [3.63, 3.8) is 0 Å². The number of rotatable bonds is 3. The highest BCUT2D eigenvalue weighted by molar-refractivity contribution is 7.89. The molecule has 0 amide bonds. The molecule has 0 bridgehead atoms. The molecule has 2 heterocycles. The monoisotopic (exact) mass is 269 g/mol. The molecule has 1 aliphatic rings. The number of hydrogen-bond acceptors (Lipinski definition) is 4. The van der Waals surface area contributed by atoms with Gasteiger partial charge in [0.2, 0.25) is 10.0 Å². The van der Waals surface area contributed by atoms with Gasteiger partial charge in [0.1, 0.15) is 5.25 Å². The zero-order valence-corrected chi connectivity index (χ0v) is 11.3. The Labute approximate surface area is 108 Å². The molecule has 100 valence electrons. The van der Waals surface area contributed by atoms with Crippen LogP contribution in [0.4, 0.5) is 0 Å². The molecule has 0 spiro atoms. The van der Waals surface area contributed by atoms with E-state index in [4.69, 9.17) is 5.73 Å². The van der Waals surface area contributed by atoms with Gasteiger partial charge in [-0.05, 0) is 31.9 Å². The van der Waals surface area contributed by atoms with Crippen LogP contribution >= 0.6 is 0 Å². The lowest BCUT2D eigenvalue weighted by atomic mass is 10.1. The Bertz CT molecular complexity index is 481. The van der Waals surface area contributed by atoms with Crippen LogP contribution in [0.15, 0.2) is 24.4 Å². The summed E-state index contributed by atoms with van der Waals surface area (Å²) in [5.74, 6) is 0. The Morgan fingerprint density at radius 1 is 1.39 bits per heavy atom. The maximum absolute atomic E-state index is 12.4. The average molecular weight is 269 g/mol. The van der Waals surface area contributed by atoms with Gasteiger partial charge in [-0.15, -0.1) is 0 Å². The van der Waals surface area contributed by atoms with Gasteiger partial charge in [0.15, 0.2) is 0 Å². The standard InChI is InChI=1S/C12H19N3O2S/c1-10(12-4-2-3-7-14-12)18(16,17)15-8-5-11(13)6-9-15/h2-4,7,10-11H,5-6,8-9,13H2,1H3. The van der Waals surface area contributed by atoms with Crippen LogP contribution in [-0.4, -0.2) is 36.8 Å². The zero-order chi connectivity index (χ0) is 13.2. The van der Waals surface area contributed by atoms with E-state index in [0.29, 0.717) is 18.8 Å². The van der Waals surface area contributed by atoms with Gasteiger partial charge < -0.3 is 5.73 Å². The summed E-state index contributed by atoms with van der Waals surface area (Å²) in [7, 11) is -3.32. The van der Waals surface area contributed by atoms with E-state index in [1.54, 1.807) is 31.3 Å². The SMILES string of the molecule is CC(c1ccccn1)S(=O)(=O)N1CCC(N)CC1. The molecule has 0 saturated carbocycles. The molecule has 18 heavy (non-hydrogen) atoms. The number of hydrogen-bond donors (Lipinski definition) is 1. The van der Waals surface area contributed by atoms with Gasteiger partial charge in [-0.1, -0.05) is 6.07 Å². The fourth-order valence-corrected chi connectivity index (χ4v) is 3.73. The molecule has 1 saturated heterocycles. The number of sulfonamides is 1. The Balaban J connectivity index is 2.16. The molecule has 1 fully saturated rings. The fourth-order valence-electron chi connectivity index (χ4n) is 2.12. The topological polar surface area (TPSA) is 76.3 Å². The highest BCUT2D eigenvalue weighted by atomic mass is 32.2. The predicted molar refractivity (Wildman–Crippen MR) is 70.4 cm³/mol. The molecule has 5 nitrogen and oxygen atoms in total. The van der Waals surface area contributed by atoms with Gasteiger partial charge in [-0.25, -0.2) is 12.7 Å². The Morgan fingerprint density at radius 2 is 2.06 bits per heavy atom. The van der Waals surface area contributed by atoms with E-state index in [0.717, 1.165) is 12.8 Å². The lowest BCUT2D eigenvalue weighted by Gasteiger charge is -2.31. The van der Waals surface area contributed by atoms with Crippen molar-refractivity contribution in [1.29, 1.82) is 0 Å². The molecule has 1 atom stereocenters. The average Bonchev–Trinajstić information content (AvgIpc) is 2.39. The van der Waals surface area contributed by atoms with Crippen LogP contribution < -0.4 is 5.73 Å². The van der Waals surface area contributed by atoms with Crippen molar-refractivity contribution in [2.45, 2.75) is 31.1 Å². The van der Waals surface area contributed by atoms with Crippen LogP contribution in [0.3, 0.4) is 0 Å². The highest BCUT2D eigenvalue weighted by Gasteiger charge is 2.32. The summed E-state index contributed by atoms with van der Waals surface area (Å²) >= 11 is 0. The summed E-state index contributed by atoms with van der Waals surface area (Å²) in [5.41, 5.74) is 6.38. The molecule has 0 aromatic carbocycles. The smallest absolute Gasteiger partial charge is 0.222 e. The summed E-state index contributed by atoms with van der Waals surface area (Å²) in [5, 5.41) is -0.604. The molecule has 1 unspecified atom stereocenters. The van der Waals surface area contributed by atoms with E-state index in [-0.39, 0.29) is 6.04 Å². The molecular weight excluding hydrogens is 250 g/mol. The minimum Gasteiger partial charge on any atom is -0.328 e. The van der Waals surface area contributed by atoms with Crippen molar-refractivity contribution in [3.05, 3.63) is 30.1 Å². The molecule has 0 aliphatic carbocycles. The van der Waals surface area contributed by atoms with E-state index in [9.17, 15) is 8.42 Å². The van der Waals surface area contributed by atoms with Crippen molar-refractivity contribution in [2.24, 2.45) is 5.73 Å². The molecule has 1 aromatic heterocycles. The Kier molecular flexibility index (Phi) is 3.99. The fraction of sp³-hybridized carbons (Fsp3) is 0.583. The van der Waals surface area contributed by atoms with Crippen molar-refractivity contribution in [2.75, 3.05) is 13.1 Å². The van der Waals surface area contributed by atoms with Gasteiger partial charge in [-0.2, -0.15) is 0 Å². The molecule has 2 rings (SSSR count). The van der Waals surface area contributed by atoms with Crippen LogP contribution in [0, 0.1) is 0 Å². The maximum atomic E-state index is 12.4. The van der Waals surface area contributed by atoms with Gasteiger partial charge in [0.05, 0.1) is 5.69 Å². The first-order valence-corrected chi connectivity index (χ1v) is 7.67. The molecule has 2 N–H and O–H groups in total. The third-order valence-electron chi connectivity index (χ3n) is 3.41. The maximum Gasteiger partial charge on any atom is 0.222 e. The van der Waals surface area contributed by atoms with Crippen LogP contribution in [0.2, 0.25) is 0 Å². The lowest BCUT2D eigenvalue weighted by molar-refractivity contribution is 0.317. The van der Waals surface area contributed by atoms with Crippen molar-refractivity contribution < 1.29 is 8.42 Å². The molecule has 6 heteroatoms. The number of pyridine rings is 1. The summed E-state index contributed by atoms with van der Waals surface area (Å²) in [4.78, 5) is 4.12. The second-order valence-electron chi connectivity index (χ2n) is 4.68. The van der Waals surface area contributed by atoms with Crippen molar-refractivity contribution in [1.82, 2.24) is 9.29 Å². The third kappa shape index (κ3) is 2.71. The Hall–Kier alpha value is -0.980. The summed E-state index contributed by atoms with van der Waals surface area (Å²) in [6.45, 7) is 2.72. The van der Waals surface area contributed by atoms with Gasteiger partial charge in [0, 0.05) is 25.3 Å². The van der Waals surface area contributed by atoms with E-state index >= 15 is 0 Å². The predicted octanol–water partition coefficient (Wildman–Crippen LogP) is 0.896. The quantitative estimate of drug-likeness (QED) is 0.884. The first-order chi connectivity index (χ1) is 8.51. The van der Waals surface area contributed by atoms with E-state index in [1.165, 1.54) is 4.31 Å². The minimum atomic E-state index is -3.32. The van der Waals surface area contributed by atoms with E-state index < -0.39 is 15.3 Å². The van der Waals surface area contributed by atoms with Crippen LogP contribution in [0.5, 0.6) is 0 Å². The van der Waals surface area contributed by atoms with Crippen molar-refractivity contribution in [3.8, 4) is 0 Å². The molecule has 0 radical (unpaired) electrons. The third-order valence-corrected chi connectivity index (χ3v) is 5.63. The number of piperidine rings is 1. The Morgan fingerprint density at radius 3 is 2.61 bits per heavy atom. The second kappa shape index (κ2) is 5.34. The first kappa shape index (κ1) is 13.5. The number of aromatic nitrogens is 1. The molecule has 1 aromatic rings. The minimum absolute atomic E-state index is 0.126. The van der Waals surface area contributed by atoms with Gasteiger partial charge in [-0.3, -0.25) is 4.98 Å². The van der Waals surface area contributed by atoms with Gasteiger partial charge >= 0.3 is 0 Å². The van der Waals surface area contributed by atoms with Crippen LogP contribution in [-0.2, 0) is 10.0 Å². The molecule has 1 aliphatic heterocycles. The largest absolute Gasteiger partial charge is 0.328 e. The number of nitrogens with two attached hydrogens (primary N) is 1. The summed E-state index contributed by atoms with van der Waals surface area (Å²) in [6.07, 6.45) is 3.08. The summed E-state index contributed by atoms with van der Waals surface area (Å²) < 4.78 is 26.4. The summed E-state index contributed by atoms with van der Waals surface area (Å²) in [6, 6.07) is 5.46. The first-order valence-electron chi connectivity index (χ1n) is 6.17. The molecular formula is C12H19N3O2S. The van der Waals surface area contributed by atoms with Gasteiger partial charge in [0.25, 0.3) is 0 Å². The van der Waals surface area contributed by atoms with E-state index in [1.807, 2.05) is 0 Å².